The Morgan fingerprint density at radius 3 is 1.46 bits per heavy atom. The molecule has 2 aromatic carbocycles. The first-order valence-corrected chi connectivity index (χ1v) is 49.8. The van der Waals surface area contributed by atoms with Crippen molar-refractivity contribution >= 4 is 40.0 Å². The van der Waals surface area contributed by atoms with Gasteiger partial charge in [-0.1, -0.05) is 362 Å². The minimum absolute atomic E-state index is 0.00941. The molecule has 2 aromatic rings. The van der Waals surface area contributed by atoms with Crippen LogP contribution in [-0.2, 0) is 94.7 Å². The van der Waals surface area contributed by atoms with E-state index in [1.807, 2.05) is 75.4 Å². The Bertz CT molecular complexity index is 3030. The summed E-state index contributed by atoms with van der Waals surface area (Å²) in [6.07, 6.45) is 27.6. The van der Waals surface area contributed by atoms with Crippen LogP contribution in [0.3, 0.4) is 0 Å². The molecule has 1 N–H and O–H groups in total. The number of unbranched alkanes of at least 4 members (excludes halogenated alkanes) is 26. The Morgan fingerprint density at radius 1 is 0.553 bits per heavy atom. The highest BCUT2D eigenvalue weighted by Gasteiger charge is 2.56. The van der Waals surface area contributed by atoms with Crippen molar-refractivity contribution in [2.75, 3.05) is 13.2 Å². The largest absolute Gasteiger partial charge is 0.475 e. The van der Waals surface area contributed by atoms with Crippen molar-refractivity contribution in [3.63, 3.8) is 0 Å². The molecule has 20 nitrogen and oxygen atoms in total. The van der Waals surface area contributed by atoms with Crippen LogP contribution in [0.4, 0.5) is 0 Å². The number of ether oxygens (including phenoxy) is 7. The number of carbonyl (C=O) groups excluding carboxylic acids is 4. The third-order valence-corrected chi connectivity index (χ3v) is 30.9. The van der Waals surface area contributed by atoms with Gasteiger partial charge in [-0.15, -0.1) is 0 Å². The second-order valence-electron chi connectivity index (χ2n) is 35.9. The molecule has 9 unspecified atom stereocenters. The molecule has 2 fully saturated rings. The van der Waals surface area contributed by atoms with E-state index < -0.39 is 107 Å². The molecule has 3 aliphatic heterocycles. The van der Waals surface area contributed by atoms with E-state index in [0.29, 0.717) is 12.8 Å². The molecule has 5 rings (SSSR count). The highest BCUT2D eigenvalue weighted by molar-refractivity contribution is 7.48. The molecule has 0 aromatic heterocycles. The van der Waals surface area contributed by atoms with Crippen LogP contribution in [0.2, 0.25) is 18.1 Å². The number of hydrogen-bond donors (Lipinski definition) is 1. The summed E-state index contributed by atoms with van der Waals surface area (Å²) in [6.45, 7) is 32.9. The number of hydrogen-bond acceptors (Lipinski definition) is 17. The van der Waals surface area contributed by atoms with Gasteiger partial charge >= 0.3 is 25.7 Å². The number of azide groups is 1. The Balaban J connectivity index is 1.64. The van der Waals surface area contributed by atoms with E-state index in [2.05, 4.69) is 105 Å². The number of esters is 3. The van der Waals surface area contributed by atoms with E-state index in [4.69, 9.17) is 51.2 Å². The van der Waals surface area contributed by atoms with Crippen LogP contribution in [0.25, 0.3) is 10.4 Å². The lowest BCUT2D eigenvalue weighted by atomic mass is 9.87. The van der Waals surface area contributed by atoms with Crippen molar-refractivity contribution < 1.29 is 74.9 Å². The molecule has 0 aliphatic carbocycles. The topological polar surface area (TPSA) is 248 Å². The zero-order valence-corrected chi connectivity index (χ0v) is 75.9. The quantitative estimate of drug-likeness (QED) is 0.00945. The smallest absolute Gasteiger partial charge is 0.461 e. The predicted octanol–water partition coefficient (Wildman–Crippen LogP) is 24.8. The van der Waals surface area contributed by atoms with Gasteiger partial charge in [0.2, 0.25) is 5.91 Å². The Hall–Kier alpha value is -4.24. The van der Waals surface area contributed by atoms with Gasteiger partial charge in [0.15, 0.2) is 27.0 Å². The number of nitrogens with one attached hydrogen (secondary N) is 1. The normalized spacial score (nSPS) is 23.0. The van der Waals surface area contributed by atoms with Crippen molar-refractivity contribution in [2.24, 2.45) is 46.5 Å². The monoisotopic (exact) mass is 1640 g/mol. The van der Waals surface area contributed by atoms with Gasteiger partial charge in [0.1, 0.15) is 36.5 Å². The molecular formula is C92H159N4O16PSi. The summed E-state index contributed by atoms with van der Waals surface area (Å²) >= 11 is 0. The van der Waals surface area contributed by atoms with Crippen LogP contribution >= 0.6 is 7.82 Å². The van der Waals surface area contributed by atoms with Crippen molar-refractivity contribution in [2.45, 2.75) is 434 Å². The highest BCUT2D eigenvalue weighted by Crippen LogP contribution is 2.55. The molecule has 3 aliphatic rings. The Morgan fingerprint density at radius 2 is 0.991 bits per heavy atom. The highest BCUT2D eigenvalue weighted by atomic mass is 31.2. The number of benzene rings is 2. The number of carbonyl (C=O) groups is 4. The fraction of sp³-hybridized carbons (Fsp3) is 0.826. The molecule has 22 heteroatoms. The fourth-order valence-electron chi connectivity index (χ4n) is 15.5. The first kappa shape index (κ1) is 100. The van der Waals surface area contributed by atoms with Gasteiger partial charge in [0, 0.05) is 23.7 Å². The molecule has 1 amide bonds. The maximum atomic E-state index is 15.8. The number of fused-ring (bicyclic) bond motifs is 1. The van der Waals surface area contributed by atoms with Crippen molar-refractivity contribution in [1.82, 2.24) is 5.32 Å². The summed E-state index contributed by atoms with van der Waals surface area (Å²) in [5.41, 5.74) is 12.7. The van der Waals surface area contributed by atoms with Crippen molar-refractivity contribution in [3.05, 3.63) is 81.7 Å². The minimum atomic E-state index is -4.65. The lowest BCUT2D eigenvalue weighted by Gasteiger charge is -2.49. The molecule has 0 spiro atoms. The number of phosphoric acid groups is 1. The number of phosphoric ester groups is 1. The molecule has 652 valence electrons. The molecular weight excluding hydrogens is 1480 g/mol. The lowest BCUT2D eigenvalue weighted by Crippen LogP contribution is -2.67. The van der Waals surface area contributed by atoms with Gasteiger partial charge in [-0.2, -0.15) is 0 Å². The fourth-order valence-corrected chi connectivity index (χ4v) is 18.0. The average molecular weight is 1640 g/mol. The van der Waals surface area contributed by atoms with Crippen LogP contribution < -0.4 is 5.32 Å². The van der Waals surface area contributed by atoms with E-state index >= 15 is 14.2 Å². The summed E-state index contributed by atoms with van der Waals surface area (Å²) in [5.74, 6) is -3.12. The van der Waals surface area contributed by atoms with Gasteiger partial charge in [0.25, 0.3) is 0 Å². The van der Waals surface area contributed by atoms with E-state index in [1.165, 1.54) is 109 Å². The minimum Gasteiger partial charge on any atom is -0.461 e. The van der Waals surface area contributed by atoms with Crippen LogP contribution in [-0.4, -0.2) is 107 Å². The average Bonchev–Trinajstić information content (AvgIpc) is 1.02. The maximum Gasteiger partial charge on any atom is 0.475 e. The third-order valence-electron chi connectivity index (χ3n) is 25.0. The molecule has 17 atom stereocenters. The van der Waals surface area contributed by atoms with Gasteiger partial charge in [-0.3, -0.25) is 32.7 Å². The van der Waals surface area contributed by atoms with Crippen molar-refractivity contribution in [3.8, 4) is 0 Å². The summed E-state index contributed by atoms with van der Waals surface area (Å²) in [6, 6.07) is 14.5. The Kier molecular flexibility index (Phi) is 48.9. The molecule has 3 heterocycles. The van der Waals surface area contributed by atoms with Crippen LogP contribution in [0, 0.1) is 41.4 Å². The summed E-state index contributed by atoms with van der Waals surface area (Å²) in [5, 5.41) is 7.22. The lowest BCUT2D eigenvalue weighted by molar-refractivity contribution is -0.292. The van der Waals surface area contributed by atoms with E-state index in [0.717, 1.165) is 113 Å². The zero-order chi connectivity index (χ0) is 83.3. The van der Waals surface area contributed by atoms with Crippen molar-refractivity contribution in [1.29, 1.82) is 0 Å². The summed E-state index contributed by atoms with van der Waals surface area (Å²) < 4.78 is 90.0. The second kappa shape index (κ2) is 55.6. The number of rotatable bonds is 60. The van der Waals surface area contributed by atoms with Gasteiger partial charge in [-0.25, -0.2) is 4.57 Å². The van der Waals surface area contributed by atoms with Gasteiger partial charge in [-0.05, 0) is 82.8 Å². The van der Waals surface area contributed by atoms with E-state index in [1.54, 1.807) is 0 Å². The molecule has 2 saturated heterocycles. The van der Waals surface area contributed by atoms with Gasteiger partial charge in [0.05, 0.1) is 51.5 Å². The predicted molar refractivity (Wildman–Crippen MR) is 458 cm³/mol. The zero-order valence-electron chi connectivity index (χ0n) is 74.0. The number of nitrogens with zero attached hydrogens (tertiary/aromatic N) is 3. The first-order valence-electron chi connectivity index (χ1n) is 45.5. The molecule has 0 saturated carbocycles. The first-order chi connectivity index (χ1) is 54.7. The van der Waals surface area contributed by atoms with Crippen LogP contribution in [0.5, 0.6) is 0 Å². The third kappa shape index (κ3) is 37.2. The number of amides is 1. The van der Waals surface area contributed by atoms with Crippen LogP contribution in [0.1, 0.15) is 351 Å². The van der Waals surface area contributed by atoms with E-state index in [9.17, 15) is 15.1 Å². The molecule has 114 heavy (non-hydrogen) atoms. The van der Waals surface area contributed by atoms with E-state index in [-0.39, 0.29) is 92.9 Å². The van der Waals surface area contributed by atoms with Crippen LogP contribution in [0.15, 0.2) is 59.7 Å². The summed E-state index contributed by atoms with van der Waals surface area (Å²) in [4.78, 5) is 63.6. The second-order valence-corrected chi connectivity index (χ2v) is 42.3. The molecule has 0 radical (unpaired) electrons. The molecule has 0 bridgehead atoms. The Labute approximate surface area is 691 Å². The summed E-state index contributed by atoms with van der Waals surface area (Å²) in [7, 11) is -7.43. The SMILES string of the molecule is CCCCCCCCCCCC(C)C(=O)O[C@@H](CC(=O)NC1[C@H](OCC2OC(O[Si](C)(C)C(C)(C)C)C(N=[N+]=[N-])[C@@H](OC(=O)C[C@H](C)C(C)CCCCCCCCC)[C@@H]2C)OC(COCc2ccccc2)[C@@H](OP2(=O)OCc3ccccc3CO2)[C@@H]1OC(=O)C[C@H](C)C(C)CCCCCCCCC)C(C)CCCCCCCCC. The standard InChI is InChI=1S/C92H159N4O16PSi/c1-17-21-25-29-33-34-38-42-47-55-71(8)89(100)106-78(70(7)54-46-41-37-32-28-24-20-4)62-81(97)94-84-88(110-83(99)61-73(10)69(6)53-45-40-36-31-27-23-19-3)87(111-113(101)104-64-76-58-50-51-59-77(76)65-105-113)80(66-102-63-75-56-48-43-49-57-75)108-90(84)103-67-79-74(11)86(85(95-96-93)91(107-79)112-114(15,16)92(12,13)14)109-82(98)60-72(9)68(5)52-44-39-35-30-26-22-18-2/h43,48-51,56-59,68-74,78-80,84-88,90-91H,17-42,44-47,52-55,60-67H2,1-16H3,(H,94,97)/t68?,69?,70?,71?,72-,73-,74+,78-,79?,80?,84?,85?,86-,87+,88+,90+,91?/m0/s1. The van der Waals surface area contributed by atoms with Gasteiger partial charge < -0.3 is 42.9 Å². The maximum absolute atomic E-state index is 15.8.